The predicted octanol–water partition coefficient (Wildman–Crippen LogP) is 7.17. The lowest BCUT2D eigenvalue weighted by molar-refractivity contribution is -0.132. The van der Waals surface area contributed by atoms with E-state index in [0.717, 1.165) is 31.8 Å². The number of thioether (sulfide) groups is 1. The van der Waals surface area contributed by atoms with Gasteiger partial charge in [-0.3, -0.25) is 14.7 Å². The second-order valence-electron chi connectivity index (χ2n) is 8.52. The van der Waals surface area contributed by atoms with Crippen LogP contribution in [0.15, 0.2) is 16.0 Å². The average molecular weight is 453 g/mol. The van der Waals surface area contributed by atoms with Crippen LogP contribution in [0.2, 0.25) is 0 Å². The minimum absolute atomic E-state index is 0.204. The molecule has 5 nitrogen and oxygen atoms in total. The number of hydrogen-bond acceptors (Lipinski definition) is 4. The van der Waals surface area contributed by atoms with Crippen LogP contribution < -0.4 is 0 Å². The van der Waals surface area contributed by atoms with Crippen LogP contribution in [0.4, 0.5) is 0 Å². The van der Waals surface area contributed by atoms with Crippen LogP contribution in [0.25, 0.3) is 0 Å². The van der Waals surface area contributed by atoms with E-state index in [9.17, 15) is 9.59 Å². The van der Waals surface area contributed by atoms with Crippen LogP contribution in [0.5, 0.6) is 0 Å². The fourth-order valence-corrected chi connectivity index (χ4v) is 4.75. The fourth-order valence-electron chi connectivity index (χ4n) is 3.76. The molecule has 1 aliphatic rings. The highest BCUT2D eigenvalue weighted by molar-refractivity contribution is 8.18. The van der Waals surface area contributed by atoms with Crippen molar-refractivity contribution in [2.75, 3.05) is 13.1 Å². The summed E-state index contributed by atoms with van der Waals surface area (Å²) in [5, 5.41) is 9.73. The lowest BCUT2D eigenvalue weighted by Crippen LogP contribution is -2.30. The van der Waals surface area contributed by atoms with E-state index in [2.05, 4.69) is 18.8 Å². The van der Waals surface area contributed by atoms with E-state index >= 15 is 0 Å². The van der Waals surface area contributed by atoms with Gasteiger partial charge in [0.2, 0.25) is 0 Å². The largest absolute Gasteiger partial charge is 0.478 e. The molecule has 0 aromatic heterocycles. The summed E-state index contributed by atoms with van der Waals surface area (Å²) in [7, 11) is 0. The van der Waals surface area contributed by atoms with Crippen LogP contribution in [-0.2, 0) is 9.59 Å². The molecule has 0 aliphatic carbocycles. The average Bonchev–Trinajstić information content (AvgIpc) is 3.02. The Morgan fingerprint density at radius 2 is 1.32 bits per heavy atom. The van der Waals surface area contributed by atoms with Crippen molar-refractivity contribution in [2.45, 2.75) is 117 Å². The van der Waals surface area contributed by atoms with E-state index in [1.54, 1.807) is 4.90 Å². The van der Waals surface area contributed by atoms with Gasteiger partial charge < -0.3 is 5.11 Å². The van der Waals surface area contributed by atoms with E-state index < -0.39 is 5.97 Å². The molecule has 0 bridgehead atoms. The number of amidine groups is 1. The number of rotatable bonds is 19. The quantitative estimate of drug-likeness (QED) is 0.167. The molecule has 0 aromatic carbocycles. The first-order chi connectivity index (χ1) is 15.1. The molecule has 1 aliphatic heterocycles. The van der Waals surface area contributed by atoms with Gasteiger partial charge in [-0.05, 0) is 24.6 Å². The molecule has 178 valence electrons. The van der Waals surface area contributed by atoms with E-state index in [-0.39, 0.29) is 10.8 Å². The van der Waals surface area contributed by atoms with Gasteiger partial charge in [0.05, 0.1) is 4.91 Å². The lowest BCUT2D eigenvalue weighted by atomic mass is 10.1. The molecule has 1 N–H and O–H groups in total. The lowest BCUT2D eigenvalue weighted by Gasteiger charge is -2.15. The minimum Gasteiger partial charge on any atom is -0.478 e. The van der Waals surface area contributed by atoms with Crippen molar-refractivity contribution in [3.05, 3.63) is 11.0 Å². The van der Waals surface area contributed by atoms with Gasteiger partial charge >= 0.3 is 5.97 Å². The second kappa shape index (κ2) is 18.3. The highest BCUT2D eigenvalue weighted by Gasteiger charge is 2.33. The standard InChI is InChI=1S/C25H44N2O3S/c1-3-5-7-9-11-13-15-17-19-26-25-27(24(30)22(31-25)21-23(28)29)20-18-16-14-12-10-8-6-4-2/h21H,3-20H2,1-2H3,(H,28,29)/b22-21-,26-25+. The van der Waals surface area contributed by atoms with Crippen LogP contribution in [0.3, 0.4) is 0 Å². The molecule has 0 spiro atoms. The molecule has 0 atom stereocenters. The van der Waals surface area contributed by atoms with Gasteiger partial charge in [-0.25, -0.2) is 4.79 Å². The van der Waals surface area contributed by atoms with Gasteiger partial charge in [0.15, 0.2) is 5.17 Å². The molecule has 6 heteroatoms. The Morgan fingerprint density at radius 3 is 1.84 bits per heavy atom. The zero-order chi connectivity index (χ0) is 22.7. The highest BCUT2D eigenvalue weighted by Crippen LogP contribution is 2.31. The highest BCUT2D eigenvalue weighted by atomic mass is 32.2. The summed E-state index contributed by atoms with van der Waals surface area (Å²) in [4.78, 5) is 30.3. The molecule has 1 amide bonds. The number of amides is 1. The molecule has 1 fully saturated rings. The fraction of sp³-hybridized carbons (Fsp3) is 0.800. The normalized spacial score (nSPS) is 16.7. The maximum atomic E-state index is 12.6. The first kappa shape index (κ1) is 27.7. The summed E-state index contributed by atoms with van der Waals surface area (Å²) in [5.41, 5.74) is 0. The van der Waals surface area contributed by atoms with Gasteiger partial charge in [-0.2, -0.15) is 0 Å². The van der Waals surface area contributed by atoms with Gasteiger partial charge in [-0.15, -0.1) is 0 Å². The predicted molar refractivity (Wildman–Crippen MR) is 133 cm³/mol. The Balaban J connectivity index is 2.40. The number of aliphatic carboxylic acids is 1. The molecule has 1 heterocycles. The van der Waals surface area contributed by atoms with Gasteiger partial charge in [0.25, 0.3) is 5.91 Å². The molecule has 0 aromatic rings. The SMILES string of the molecule is CCCCCCCCCC/N=C1/S/C(=C\C(=O)O)C(=O)N1CCCCCCCCCC. The van der Waals surface area contributed by atoms with Crippen LogP contribution in [0.1, 0.15) is 117 Å². The molecule has 31 heavy (non-hydrogen) atoms. The maximum absolute atomic E-state index is 12.6. The number of nitrogens with zero attached hydrogens (tertiary/aromatic N) is 2. The van der Waals surface area contributed by atoms with Gasteiger partial charge in [0.1, 0.15) is 0 Å². The first-order valence-electron chi connectivity index (χ1n) is 12.6. The summed E-state index contributed by atoms with van der Waals surface area (Å²) in [6.07, 6.45) is 20.7. The Hall–Kier alpha value is -1.30. The zero-order valence-electron chi connectivity index (χ0n) is 19.9. The third-order valence-electron chi connectivity index (χ3n) is 5.64. The van der Waals surface area contributed by atoms with Crippen molar-refractivity contribution in [3.8, 4) is 0 Å². The van der Waals surface area contributed by atoms with Crippen molar-refractivity contribution >= 4 is 28.8 Å². The van der Waals surface area contributed by atoms with Crippen LogP contribution in [-0.4, -0.2) is 40.1 Å². The first-order valence-corrected chi connectivity index (χ1v) is 13.4. The smallest absolute Gasteiger partial charge is 0.329 e. The van der Waals surface area contributed by atoms with Crippen LogP contribution in [0, 0.1) is 0 Å². The summed E-state index contributed by atoms with van der Waals surface area (Å²) < 4.78 is 0. The Labute approximate surface area is 194 Å². The van der Waals surface area contributed by atoms with Crippen molar-refractivity contribution in [1.29, 1.82) is 0 Å². The Kier molecular flexibility index (Phi) is 16.4. The third-order valence-corrected chi connectivity index (χ3v) is 6.68. The molecular formula is C25H44N2O3S. The number of carbonyl (C=O) groups is 2. The number of aliphatic imine (C=N–C) groups is 1. The minimum atomic E-state index is -1.08. The molecule has 1 rings (SSSR count). The molecular weight excluding hydrogens is 408 g/mol. The van der Waals surface area contributed by atoms with E-state index in [4.69, 9.17) is 5.11 Å². The van der Waals surface area contributed by atoms with E-state index in [0.29, 0.717) is 18.3 Å². The number of carboxylic acid groups (broad SMARTS) is 1. The number of unbranched alkanes of at least 4 members (excludes halogenated alkanes) is 14. The molecule has 0 unspecified atom stereocenters. The van der Waals surface area contributed by atoms with Crippen molar-refractivity contribution in [1.82, 2.24) is 4.90 Å². The van der Waals surface area contributed by atoms with E-state index in [1.165, 1.54) is 88.8 Å². The molecule has 0 radical (unpaired) electrons. The summed E-state index contributed by atoms with van der Waals surface area (Å²) in [5.74, 6) is -1.28. The number of carbonyl (C=O) groups excluding carboxylic acids is 1. The molecule has 1 saturated heterocycles. The van der Waals surface area contributed by atoms with Gasteiger partial charge in [0, 0.05) is 19.2 Å². The Bertz CT molecular complexity index is 575. The summed E-state index contributed by atoms with van der Waals surface area (Å²) in [6, 6.07) is 0. The monoisotopic (exact) mass is 452 g/mol. The van der Waals surface area contributed by atoms with E-state index in [1.807, 2.05) is 0 Å². The van der Waals surface area contributed by atoms with Gasteiger partial charge in [-0.1, -0.05) is 104 Å². The second-order valence-corrected chi connectivity index (χ2v) is 9.53. The number of hydrogen-bond donors (Lipinski definition) is 1. The van der Waals surface area contributed by atoms with Crippen molar-refractivity contribution in [2.24, 2.45) is 4.99 Å². The molecule has 0 saturated carbocycles. The topological polar surface area (TPSA) is 70.0 Å². The van der Waals surface area contributed by atoms with Crippen molar-refractivity contribution < 1.29 is 14.7 Å². The third kappa shape index (κ3) is 13.0. The maximum Gasteiger partial charge on any atom is 0.329 e. The van der Waals surface area contributed by atoms with Crippen molar-refractivity contribution in [3.63, 3.8) is 0 Å². The van der Waals surface area contributed by atoms with Crippen LogP contribution >= 0.6 is 11.8 Å². The zero-order valence-corrected chi connectivity index (χ0v) is 20.7. The summed E-state index contributed by atoms with van der Waals surface area (Å²) >= 11 is 1.22. The Morgan fingerprint density at radius 1 is 0.839 bits per heavy atom. The number of carboxylic acids is 1. The summed E-state index contributed by atoms with van der Waals surface area (Å²) in [6.45, 7) is 5.80.